The van der Waals surface area contributed by atoms with E-state index >= 15 is 0 Å². The molecule has 1 rings (SSSR count). The van der Waals surface area contributed by atoms with Crippen LogP contribution in [-0.2, 0) is 14.8 Å². The van der Waals surface area contributed by atoms with Crippen LogP contribution in [-0.4, -0.2) is 46.0 Å². The molecule has 1 heterocycles. The van der Waals surface area contributed by atoms with Crippen LogP contribution < -0.4 is 10.0 Å². The van der Waals surface area contributed by atoms with Gasteiger partial charge in [0, 0.05) is 19.2 Å². The van der Waals surface area contributed by atoms with Crippen LogP contribution >= 0.6 is 12.4 Å². The summed E-state index contributed by atoms with van der Waals surface area (Å²) in [5.74, 6) is 0.0296. The Kier molecular flexibility index (Phi) is 7.58. The Balaban J connectivity index is 0.00000256. The van der Waals surface area contributed by atoms with Crippen molar-refractivity contribution in [2.45, 2.75) is 44.9 Å². The van der Waals surface area contributed by atoms with Crippen molar-refractivity contribution in [3.05, 3.63) is 0 Å². The predicted molar refractivity (Wildman–Crippen MR) is 71.1 cm³/mol. The molecule has 1 aliphatic rings. The molecule has 7 heteroatoms. The molecule has 0 aromatic rings. The van der Waals surface area contributed by atoms with Crippen LogP contribution in [0.4, 0.5) is 0 Å². The number of nitrogens with one attached hydrogen (secondary N) is 2. The molecule has 104 valence electrons. The van der Waals surface area contributed by atoms with Gasteiger partial charge in [-0.2, -0.15) is 0 Å². The van der Waals surface area contributed by atoms with Gasteiger partial charge in [0.1, 0.15) is 0 Å². The Labute approximate surface area is 110 Å². The number of halogens is 1. The molecule has 3 unspecified atom stereocenters. The van der Waals surface area contributed by atoms with E-state index in [1.165, 1.54) is 7.11 Å². The summed E-state index contributed by atoms with van der Waals surface area (Å²) in [4.78, 5) is 0. The van der Waals surface area contributed by atoms with Gasteiger partial charge in [0.2, 0.25) is 10.0 Å². The third-order valence-corrected chi connectivity index (χ3v) is 4.43. The molecule has 1 aliphatic heterocycles. The predicted octanol–water partition coefficient (Wildman–Crippen LogP) is 0.503. The van der Waals surface area contributed by atoms with Gasteiger partial charge in [0.15, 0.2) is 0 Å². The van der Waals surface area contributed by atoms with Crippen molar-refractivity contribution in [1.29, 1.82) is 0 Å². The summed E-state index contributed by atoms with van der Waals surface area (Å²) in [6, 6.07) is 0.437. The minimum Gasteiger partial charge on any atom is -0.381 e. The van der Waals surface area contributed by atoms with E-state index in [9.17, 15) is 8.42 Å². The maximum absolute atomic E-state index is 11.8. The summed E-state index contributed by atoms with van der Waals surface area (Å²) >= 11 is 0. The number of rotatable bonds is 5. The molecule has 3 atom stereocenters. The molecule has 0 aromatic heterocycles. The summed E-state index contributed by atoms with van der Waals surface area (Å²) in [7, 11) is -1.70. The fraction of sp³-hybridized carbons (Fsp3) is 1.00. The van der Waals surface area contributed by atoms with Gasteiger partial charge in [0.05, 0.1) is 11.9 Å². The lowest BCUT2D eigenvalue weighted by atomic mass is 10.0. The number of hydrogen-bond donors (Lipinski definition) is 2. The van der Waals surface area contributed by atoms with Gasteiger partial charge in [-0.1, -0.05) is 0 Å². The molecule has 1 fully saturated rings. The maximum Gasteiger partial charge on any atom is 0.214 e. The van der Waals surface area contributed by atoms with Crippen LogP contribution in [0.15, 0.2) is 0 Å². The molecule has 2 N–H and O–H groups in total. The highest BCUT2D eigenvalue weighted by atomic mass is 35.5. The second-order valence-corrected chi connectivity index (χ2v) is 6.32. The number of ether oxygens (including phenoxy) is 1. The molecule has 0 saturated carbocycles. The highest BCUT2D eigenvalue weighted by Gasteiger charge is 2.24. The fourth-order valence-electron chi connectivity index (χ4n) is 1.92. The van der Waals surface area contributed by atoms with Crippen LogP contribution in [0, 0.1) is 0 Å². The van der Waals surface area contributed by atoms with Gasteiger partial charge >= 0.3 is 0 Å². The molecular formula is C10H23ClN2O3S. The van der Waals surface area contributed by atoms with Crippen molar-refractivity contribution in [2.75, 3.05) is 19.4 Å². The van der Waals surface area contributed by atoms with E-state index in [1.807, 2.05) is 0 Å². The number of sulfonamides is 1. The minimum atomic E-state index is -3.22. The van der Waals surface area contributed by atoms with Gasteiger partial charge in [0.25, 0.3) is 0 Å². The van der Waals surface area contributed by atoms with Crippen molar-refractivity contribution < 1.29 is 13.2 Å². The van der Waals surface area contributed by atoms with Crippen LogP contribution in [0.25, 0.3) is 0 Å². The molecule has 0 aromatic carbocycles. The number of hydrogen-bond acceptors (Lipinski definition) is 4. The third kappa shape index (κ3) is 6.57. The Morgan fingerprint density at radius 2 is 2.18 bits per heavy atom. The Morgan fingerprint density at radius 3 is 2.71 bits per heavy atom. The first-order valence-electron chi connectivity index (χ1n) is 5.69. The SMILES string of the molecule is COC(C)CS(=O)(=O)NC1CCNC(C)C1.Cl. The first-order chi connectivity index (χ1) is 7.43. The second kappa shape index (κ2) is 7.53. The van der Waals surface area contributed by atoms with Crippen LogP contribution in [0.2, 0.25) is 0 Å². The van der Waals surface area contributed by atoms with E-state index in [0.717, 1.165) is 19.4 Å². The lowest BCUT2D eigenvalue weighted by molar-refractivity contribution is 0.136. The summed E-state index contributed by atoms with van der Waals surface area (Å²) in [6.45, 7) is 4.69. The van der Waals surface area contributed by atoms with Gasteiger partial charge in [-0.3, -0.25) is 0 Å². The van der Waals surface area contributed by atoms with Crippen molar-refractivity contribution in [2.24, 2.45) is 0 Å². The third-order valence-electron chi connectivity index (χ3n) is 2.83. The summed E-state index contributed by atoms with van der Waals surface area (Å²) in [5, 5.41) is 3.29. The smallest absolute Gasteiger partial charge is 0.214 e. The van der Waals surface area contributed by atoms with Crippen LogP contribution in [0.3, 0.4) is 0 Å². The largest absolute Gasteiger partial charge is 0.381 e. The molecule has 17 heavy (non-hydrogen) atoms. The number of methoxy groups -OCH3 is 1. The van der Waals surface area contributed by atoms with Gasteiger partial charge in [-0.15, -0.1) is 12.4 Å². The second-order valence-electron chi connectivity index (χ2n) is 4.52. The quantitative estimate of drug-likeness (QED) is 0.772. The zero-order chi connectivity index (χ0) is 12.2. The molecular weight excluding hydrogens is 264 g/mol. The topological polar surface area (TPSA) is 67.4 Å². The standard InChI is InChI=1S/C10H22N2O3S.ClH/c1-8-6-10(4-5-11-8)12-16(13,14)7-9(2)15-3;/h8-12H,4-7H2,1-3H3;1H. The molecule has 0 amide bonds. The molecule has 0 bridgehead atoms. The van der Waals surface area contributed by atoms with Crippen molar-refractivity contribution in [3.63, 3.8) is 0 Å². The summed E-state index contributed by atoms with van der Waals surface area (Å²) in [6.07, 6.45) is 1.43. The van der Waals surface area contributed by atoms with Gasteiger partial charge in [-0.25, -0.2) is 13.1 Å². The van der Waals surface area contributed by atoms with E-state index < -0.39 is 10.0 Å². The van der Waals surface area contributed by atoms with Crippen molar-refractivity contribution in [1.82, 2.24) is 10.0 Å². The average Bonchev–Trinajstić information content (AvgIpc) is 2.15. The van der Waals surface area contributed by atoms with E-state index in [0.29, 0.717) is 6.04 Å². The Bertz CT molecular complexity index is 311. The van der Waals surface area contributed by atoms with E-state index in [1.54, 1.807) is 6.92 Å². The molecule has 0 spiro atoms. The van der Waals surface area contributed by atoms with Gasteiger partial charge in [-0.05, 0) is 33.2 Å². The highest BCUT2D eigenvalue weighted by molar-refractivity contribution is 7.89. The number of piperidine rings is 1. The first kappa shape index (κ1) is 17.1. The van der Waals surface area contributed by atoms with E-state index in [-0.39, 0.29) is 30.3 Å². The van der Waals surface area contributed by atoms with E-state index in [4.69, 9.17) is 4.74 Å². The monoisotopic (exact) mass is 286 g/mol. The Hall–Kier alpha value is 0.120. The normalized spacial score (nSPS) is 27.2. The van der Waals surface area contributed by atoms with Crippen molar-refractivity contribution >= 4 is 22.4 Å². The molecule has 5 nitrogen and oxygen atoms in total. The van der Waals surface area contributed by atoms with Gasteiger partial charge < -0.3 is 10.1 Å². The summed E-state index contributed by atoms with van der Waals surface area (Å²) < 4.78 is 31.2. The zero-order valence-electron chi connectivity index (χ0n) is 10.6. The Morgan fingerprint density at radius 1 is 1.53 bits per heavy atom. The average molecular weight is 287 g/mol. The maximum atomic E-state index is 11.8. The molecule has 0 aliphatic carbocycles. The highest BCUT2D eigenvalue weighted by Crippen LogP contribution is 2.09. The van der Waals surface area contributed by atoms with Crippen LogP contribution in [0.1, 0.15) is 26.7 Å². The van der Waals surface area contributed by atoms with E-state index in [2.05, 4.69) is 17.0 Å². The summed E-state index contributed by atoms with van der Waals surface area (Å²) in [5.41, 5.74) is 0. The lowest BCUT2D eigenvalue weighted by Gasteiger charge is -2.28. The minimum absolute atomic E-state index is 0. The molecule has 0 radical (unpaired) electrons. The van der Waals surface area contributed by atoms with Crippen LogP contribution in [0.5, 0.6) is 0 Å². The zero-order valence-corrected chi connectivity index (χ0v) is 12.2. The van der Waals surface area contributed by atoms with Crippen molar-refractivity contribution in [3.8, 4) is 0 Å². The molecule has 1 saturated heterocycles. The first-order valence-corrected chi connectivity index (χ1v) is 7.34. The fourth-order valence-corrected chi connectivity index (χ4v) is 3.49. The lowest BCUT2D eigenvalue weighted by Crippen LogP contribution is -2.47.